The van der Waals surface area contributed by atoms with Crippen molar-refractivity contribution in [1.82, 2.24) is 20.0 Å². The standard InChI is InChI=1S/C19H15F3N4O2/c20-13-4-5-14(15(21)8-13)17-24-18(28-25-17)12-2-1-7-26(10-12)19(27)11-3-6-16(22)23-9-11/h3-6,8-9,12H,1-2,7,10H2. The molecule has 1 fully saturated rings. The Morgan fingerprint density at radius 2 is 2.04 bits per heavy atom. The zero-order valence-electron chi connectivity index (χ0n) is 14.6. The quantitative estimate of drug-likeness (QED) is 0.642. The van der Waals surface area contributed by atoms with Crippen molar-refractivity contribution in [2.45, 2.75) is 18.8 Å². The molecule has 2 aromatic heterocycles. The van der Waals surface area contributed by atoms with Crippen molar-refractivity contribution < 1.29 is 22.5 Å². The van der Waals surface area contributed by atoms with Crippen LogP contribution in [0.4, 0.5) is 13.2 Å². The van der Waals surface area contributed by atoms with E-state index in [9.17, 15) is 18.0 Å². The van der Waals surface area contributed by atoms with Crippen molar-refractivity contribution in [2.24, 2.45) is 0 Å². The molecule has 28 heavy (non-hydrogen) atoms. The molecule has 3 heterocycles. The minimum atomic E-state index is -0.781. The van der Waals surface area contributed by atoms with Crippen LogP contribution in [0.15, 0.2) is 41.1 Å². The van der Waals surface area contributed by atoms with Gasteiger partial charge in [-0.25, -0.2) is 13.8 Å². The summed E-state index contributed by atoms with van der Waals surface area (Å²) in [6.45, 7) is 0.879. The second kappa shape index (κ2) is 7.41. The van der Waals surface area contributed by atoms with Crippen molar-refractivity contribution in [2.75, 3.05) is 13.1 Å². The number of aromatic nitrogens is 3. The third kappa shape index (κ3) is 3.60. The number of amides is 1. The smallest absolute Gasteiger partial charge is 0.255 e. The molecule has 0 bridgehead atoms. The van der Waals surface area contributed by atoms with Crippen LogP contribution in [-0.2, 0) is 0 Å². The van der Waals surface area contributed by atoms with Gasteiger partial charge in [0.05, 0.1) is 17.0 Å². The monoisotopic (exact) mass is 388 g/mol. The molecule has 0 saturated carbocycles. The molecular weight excluding hydrogens is 373 g/mol. The Morgan fingerprint density at radius 3 is 2.79 bits per heavy atom. The number of halogens is 3. The van der Waals surface area contributed by atoms with Crippen molar-refractivity contribution in [1.29, 1.82) is 0 Å². The van der Waals surface area contributed by atoms with E-state index >= 15 is 0 Å². The fraction of sp³-hybridized carbons (Fsp3) is 0.263. The van der Waals surface area contributed by atoms with Crippen molar-refractivity contribution in [3.63, 3.8) is 0 Å². The van der Waals surface area contributed by atoms with Gasteiger partial charge in [-0.15, -0.1) is 0 Å². The van der Waals surface area contributed by atoms with Gasteiger partial charge in [0.1, 0.15) is 11.6 Å². The lowest BCUT2D eigenvalue weighted by molar-refractivity contribution is 0.0695. The summed E-state index contributed by atoms with van der Waals surface area (Å²) in [5.74, 6) is -2.29. The number of carbonyl (C=O) groups is 1. The van der Waals surface area contributed by atoms with Gasteiger partial charge in [0.15, 0.2) is 0 Å². The van der Waals surface area contributed by atoms with E-state index in [-0.39, 0.29) is 29.1 Å². The van der Waals surface area contributed by atoms with Crippen LogP contribution in [0.5, 0.6) is 0 Å². The second-order valence-electron chi connectivity index (χ2n) is 6.54. The first-order valence-corrected chi connectivity index (χ1v) is 8.71. The van der Waals surface area contributed by atoms with Crippen LogP contribution >= 0.6 is 0 Å². The first kappa shape index (κ1) is 18.1. The van der Waals surface area contributed by atoms with Gasteiger partial charge in [0.2, 0.25) is 17.7 Å². The number of nitrogens with zero attached hydrogens (tertiary/aromatic N) is 4. The lowest BCUT2D eigenvalue weighted by atomic mass is 9.97. The Kier molecular flexibility index (Phi) is 4.81. The van der Waals surface area contributed by atoms with Crippen molar-refractivity contribution >= 4 is 5.91 Å². The average molecular weight is 388 g/mol. The molecule has 1 amide bonds. The summed E-state index contributed by atoms with van der Waals surface area (Å²) in [6, 6.07) is 5.64. The lowest BCUT2D eigenvalue weighted by Gasteiger charge is -2.31. The Morgan fingerprint density at radius 1 is 1.18 bits per heavy atom. The van der Waals surface area contributed by atoms with E-state index in [1.807, 2.05) is 0 Å². The van der Waals surface area contributed by atoms with E-state index in [0.29, 0.717) is 25.1 Å². The van der Waals surface area contributed by atoms with E-state index < -0.39 is 17.6 Å². The molecule has 1 aliphatic heterocycles. The van der Waals surface area contributed by atoms with Crippen LogP contribution in [-0.4, -0.2) is 39.0 Å². The van der Waals surface area contributed by atoms with E-state index in [0.717, 1.165) is 24.6 Å². The molecule has 0 radical (unpaired) electrons. The van der Waals surface area contributed by atoms with Gasteiger partial charge >= 0.3 is 0 Å². The summed E-state index contributed by atoms with van der Waals surface area (Å²) in [4.78, 5) is 22.0. The maximum absolute atomic E-state index is 13.9. The van der Waals surface area contributed by atoms with Crippen LogP contribution < -0.4 is 0 Å². The summed E-state index contributed by atoms with van der Waals surface area (Å²) in [6.07, 6.45) is 2.63. The number of pyridine rings is 1. The summed E-state index contributed by atoms with van der Waals surface area (Å²) in [5.41, 5.74) is 0.333. The summed E-state index contributed by atoms with van der Waals surface area (Å²) in [5, 5.41) is 3.79. The van der Waals surface area contributed by atoms with Gasteiger partial charge in [-0.1, -0.05) is 5.16 Å². The first-order chi connectivity index (χ1) is 13.5. The molecule has 1 saturated heterocycles. The molecule has 1 unspecified atom stereocenters. The zero-order chi connectivity index (χ0) is 19.7. The van der Waals surface area contributed by atoms with E-state index in [1.165, 1.54) is 18.3 Å². The predicted octanol–water partition coefficient (Wildman–Crippen LogP) is 3.57. The van der Waals surface area contributed by atoms with Gasteiger partial charge < -0.3 is 9.42 Å². The number of benzene rings is 1. The molecular formula is C19H15F3N4O2. The third-order valence-corrected chi connectivity index (χ3v) is 4.65. The number of carbonyl (C=O) groups excluding carboxylic acids is 1. The molecule has 0 aliphatic carbocycles. The number of rotatable bonds is 3. The largest absolute Gasteiger partial charge is 0.339 e. The maximum Gasteiger partial charge on any atom is 0.255 e. The Balaban J connectivity index is 1.51. The third-order valence-electron chi connectivity index (χ3n) is 4.65. The topological polar surface area (TPSA) is 72.1 Å². The van der Waals surface area contributed by atoms with Gasteiger partial charge in [-0.3, -0.25) is 4.79 Å². The molecule has 9 heteroatoms. The van der Waals surface area contributed by atoms with Gasteiger partial charge in [-0.2, -0.15) is 9.37 Å². The highest BCUT2D eigenvalue weighted by molar-refractivity contribution is 5.94. The van der Waals surface area contributed by atoms with Gasteiger partial charge in [0, 0.05) is 25.4 Å². The molecule has 1 aliphatic rings. The summed E-state index contributed by atoms with van der Waals surface area (Å²) < 4.78 is 45.2. The highest BCUT2D eigenvalue weighted by atomic mass is 19.1. The highest BCUT2D eigenvalue weighted by Crippen LogP contribution is 2.29. The number of piperidine rings is 1. The average Bonchev–Trinajstić information content (AvgIpc) is 3.18. The molecule has 3 aromatic rings. The van der Waals surface area contributed by atoms with E-state index in [2.05, 4.69) is 15.1 Å². The molecule has 0 N–H and O–H groups in total. The SMILES string of the molecule is O=C(c1ccc(F)nc1)N1CCCC(c2nc(-c3ccc(F)cc3F)no2)C1. The fourth-order valence-corrected chi connectivity index (χ4v) is 3.23. The van der Waals surface area contributed by atoms with Crippen molar-refractivity contribution in [3.05, 3.63) is 65.6 Å². The lowest BCUT2D eigenvalue weighted by Crippen LogP contribution is -2.39. The predicted molar refractivity (Wildman–Crippen MR) is 91.7 cm³/mol. The minimum absolute atomic E-state index is 0.0266. The number of likely N-dealkylation sites (tertiary alicyclic amines) is 1. The van der Waals surface area contributed by atoms with Crippen LogP contribution in [0.25, 0.3) is 11.4 Å². The Bertz CT molecular complexity index is 1010. The van der Waals surface area contributed by atoms with E-state index in [4.69, 9.17) is 4.52 Å². The molecule has 1 aromatic carbocycles. The fourth-order valence-electron chi connectivity index (χ4n) is 3.23. The minimum Gasteiger partial charge on any atom is -0.339 e. The number of hydrogen-bond donors (Lipinski definition) is 0. The van der Waals surface area contributed by atoms with Crippen LogP contribution in [0, 0.1) is 17.6 Å². The maximum atomic E-state index is 13.9. The summed E-state index contributed by atoms with van der Waals surface area (Å²) >= 11 is 0. The van der Waals surface area contributed by atoms with E-state index in [1.54, 1.807) is 4.90 Å². The molecule has 0 spiro atoms. The van der Waals surface area contributed by atoms with Crippen molar-refractivity contribution in [3.8, 4) is 11.4 Å². The second-order valence-corrected chi connectivity index (χ2v) is 6.54. The first-order valence-electron chi connectivity index (χ1n) is 8.71. The summed E-state index contributed by atoms with van der Waals surface area (Å²) in [7, 11) is 0. The van der Waals surface area contributed by atoms with Gasteiger partial charge in [0.25, 0.3) is 5.91 Å². The van der Waals surface area contributed by atoms with Crippen LogP contribution in [0.3, 0.4) is 0 Å². The van der Waals surface area contributed by atoms with Gasteiger partial charge in [-0.05, 0) is 37.1 Å². The molecule has 4 rings (SSSR count). The highest BCUT2D eigenvalue weighted by Gasteiger charge is 2.29. The normalized spacial score (nSPS) is 17.0. The number of hydrogen-bond acceptors (Lipinski definition) is 5. The van der Waals surface area contributed by atoms with Crippen LogP contribution in [0.1, 0.15) is 35.0 Å². The van der Waals surface area contributed by atoms with Crippen LogP contribution in [0.2, 0.25) is 0 Å². The molecule has 144 valence electrons. The Hall–Kier alpha value is -3.23. The zero-order valence-corrected chi connectivity index (χ0v) is 14.6. The Labute approximate surface area is 158 Å². The molecule has 6 nitrogen and oxygen atoms in total. The molecule has 1 atom stereocenters.